The summed E-state index contributed by atoms with van der Waals surface area (Å²) in [5, 5.41) is 0. The van der Waals surface area contributed by atoms with E-state index in [-0.39, 0.29) is 0 Å². The molecule has 0 spiro atoms. The Morgan fingerprint density at radius 3 is 2.50 bits per heavy atom. The molecule has 0 saturated carbocycles. The molecule has 0 atom stereocenters. The number of allylic oxidation sites excluding steroid dienone is 1. The molecule has 1 aromatic rings. The Balaban J connectivity index is 1.90. The van der Waals surface area contributed by atoms with Crippen molar-refractivity contribution in [3.05, 3.63) is 40.4 Å². The van der Waals surface area contributed by atoms with E-state index in [1.54, 1.807) is 0 Å². The molecule has 1 aromatic carbocycles. The molecule has 1 saturated heterocycles. The van der Waals surface area contributed by atoms with Crippen molar-refractivity contribution in [2.75, 3.05) is 19.6 Å². The highest BCUT2D eigenvalue weighted by Crippen LogP contribution is 2.19. The topological polar surface area (TPSA) is 3.24 Å². The SMILES string of the molecule is C/C(=C/CN1CCC(C)CC1)c1ccc(Br)cc1. The van der Waals surface area contributed by atoms with E-state index in [1.807, 2.05) is 0 Å². The van der Waals surface area contributed by atoms with E-state index in [2.05, 4.69) is 65.0 Å². The van der Waals surface area contributed by atoms with Crippen molar-refractivity contribution < 1.29 is 0 Å². The van der Waals surface area contributed by atoms with E-state index in [0.717, 1.165) is 16.9 Å². The number of likely N-dealkylation sites (tertiary alicyclic amines) is 1. The number of benzene rings is 1. The fourth-order valence-electron chi connectivity index (χ4n) is 2.34. The summed E-state index contributed by atoms with van der Waals surface area (Å²) in [5.41, 5.74) is 2.70. The summed E-state index contributed by atoms with van der Waals surface area (Å²) in [6.07, 6.45) is 5.07. The van der Waals surface area contributed by atoms with Gasteiger partial charge in [0.25, 0.3) is 0 Å². The predicted octanol–water partition coefficient (Wildman–Crippen LogP) is 4.58. The van der Waals surface area contributed by atoms with Crippen molar-refractivity contribution in [2.45, 2.75) is 26.7 Å². The third-order valence-corrected chi connectivity index (χ3v) is 4.36. The quantitative estimate of drug-likeness (QED) is 0.790. The van der Waals surface area contributed by atoms with E-state index in [0.29, 0.717) is 0 Å². The minimum absolute atomic E-state index is 0.915. The lowest BCUT2D eigenvalue weighted by molar-refractivity contribution is 0.210. The maximum Gasteiger partial charge on any atom is 0.0175 e. The van der Waals surface area contributed by atoms with Crippen LogP contribution in [0.3, 0.4) is 0 Å². The summed E-state index contributed by atoms with van der Waals surface area (Å²) in [5.74, 6) is 0.915. The van der Waals surface area contributed by atoms with Gasteiger partial charge >= 0.3 is 0 Å². The van der Waals surface area contributed by atoms with Gasteiger partial charge in [-0.3, -0.25) is 4.90 Å². The molecule has 1 fully saturated rings. The van der Waals surface area contributed by atoms with E-state index in [4.69, 9.17) is 0 Å². The summed E-state index contributed by atoms with van der Waals surface area (Å²) in [7, 11) is 0. The molecule has 0 radical (unpaired) electrons. The largest absolute Gasteiger partial charge is 0.300 e. The maximum absolute atomic E-state index is 3.47. The molecular weight excluding hydrogens is 286 g/mol. The highest BCUT2D eigenvalue weighted by Gasteiger charge is 2.14. The average Bonchev–Trinajstić information content (AvgIpc) is 2.38. The molecule has 2 heteroatoms. The van der Waals surface area contributed by atoms with E-state index < -0.39 is 0 Å². The molecule has 2 rings (SSSR count). The van der Waals surface area contributed by atoms with Crippen LogP contribution in [0, 0.1) is 5.92 Å². The first-order valence-corrected chi connectivity index (χ1v) is 7.59. The molecule has 1 aliphatic heterocycles. The maximum atomic E-state index is 3.47. The van der Waals surface area contributed by atoms with Gasteiger partial charge in [0, 0.05) is 11.0 Å². The Bertz CT molecular complexity index is 400. The molecule has 1 heterocycles. The summed E-state index contributed by atoms with van der Waals surface area (Å²) in [6.45, 7) is 8.17. The number of hydrogen-bond donors (Lipinski definition) is 0. The van der Waals surface area contributed by atoms with Gasteiger partial charge in [0.05, 0.1) is 0 Å². The molecule has 0 aromatic heterocycles. The highest BCUT2D eigenvalue weighted by molar-refractivity contribution is 9.10. The monoisotopic (exact) mass is 307 g/mol. The molecule has 1 nitrogen and oxygen atoms in total. The van der Waals surface area contributed by atoms with Crippen molar-refractivity contribution in [1.82, 2.24) is 4.90 Å². The third kappa shape index (κ3) is 3.96. The van der Waals surface area contributed by atoms with Crippen LogP contribution in [0.5, 0.6) is 0 Å². The Morgan fingerprint density at radius 1 is 1.28 bits per heavy atom. The van der Waals surface area contributed by atoms with Crippen LogP contribution < -0.4 is 0 Å². The molecule has 18 heavy (non-hydrogen) atoms. The van der Waals surface area contributed by atoms with E-state index >= 15 is 0 Å². The predicted molar refractivity (Wildman–Crippen MR) is 82.6 cm³/mol. The first-order valence-electron chi connectivity index (χ1n) is 6.80. The van der Waals surface area contributed by atoms with Crippen LogP contribution in [0.25, 0.3) is 5.57 Å². The van der Waals surface area contributed by atoms with Gasteiger partial charge in [0.15, 0.2) is 0 Å². The smallest absolute Gasteiger partial charge is 0.0175 e. The summed E-state index contributed by atoms with van der Waals surface area (Å²) >= 11 is 3.47. The van der Waals surface area contributed by atoms with Gasteiger partial charge in [0.2, 0.25) is 0 Å². The zero-order chi connectivity index (χ0) is 13.0. The molecule has 0 N–H and O–H groups in total. The molecule has 0 bridgehead atoms. The molecule has 0 aliphatic carbocycles. The lowest BCUT2D eigenvalue weighted by atomic mass is 9.99. The summed E-state index contributed by atoms with van der Waals surface area (Å²) in [4.78, 5) is 2.56. The van der Waals surface area contributed by atoms with Crippen molar-refractivity contribution >= 4 is 21.5 Å². The standard InChI is InChI=1S/C16H22BrN/c1-13-7-10-18(11-8-13)12-9-14(2)15-3-5-16(17)6-4-15/h3-6,9,13H,7-8,10-12H2,1-2H3/b14-9-. The van der Waals surface area contributed by atoms with Crippen LogP contribution in [-0.2, 0) is 0 Å². The van der Waals surface area contributed by atoms with Gasteiger partial charge < -0.3 is 0 Å². The normalized spacial score (nSPS) is 19.2. The number of rotatable bonds is 3. The fraction of sp³-hybridized carbons (Fsp3) is 0.500. The first kappa shape index (κ1) is 13.8. The van der Waals surface area contributed by atoms with Gasteiger partial charge in [-0.15, -0.1) is 0 Å². The Hall–Kier alpha value is -0.600. The Morgan fingerprint density at radius 2 is 1.89 bits per heavy atom. The van der Waals surface area contributed by atoms with E-state index in [1.165, 1.54) is 37.1 Å². The third-order valence-electron chi connectivity index (χ3n) is 3.83. The van der Waals surface area contributed by atoms with Crippen LogP contribution >= 0.6 is 15.9 Å². The van der Waals surface area contributed by atoms with Gasteiger partial charge in [-0.25, -0.2) is 0 Å². The van der Waals surface area contributed by atoms with Crippen molar-refractivity contribution in [1.29, 1.82) is 0 Å². The van der Waals surface area contributed by atoms with Crippen molar-refractivity contribution in [3.8, 4) is 0 Å². The minimum atomic E-state index is 0.915. The van der Waals surface area contributed by atoms with Crippen molar-refractivity contribution in [3.63, 3.8) is 0 Å². The fourth-order valence-corrected chi connectivity index (χ4v) is 2.61. The average molecular weight is 308 g/mol. The number of nitrogens with zero attached hydrogens (tertiary/aromatic N) is 1. The zero-order valence-corrected chi connectivity index (χ0v) is 12.9. The lowest BCUT2D eigenvalue weighted by Crippen LogP contribution is -2.32. The molecule has 1 aliphatic rings. The van der Waals surface area contributed by atoms with Gasteiger partial charge in [-0.2, -0.15) is 0 Å². The number of hydrogen-bond acceptors (Lipinski definition) is 1. The van der Waals surface area contributed by atoms with Crippen LogP contribution in [0.2, 0.25) is 0 Å². The second kappa shape index (κ2) is 6.53. The second-order valence-electron chi connectivity index (χ2n) is 5.38. The minimum Gasteiger partial charge on any atom is -0.300 e. The van der Waals surface area contributed by atoms with E-state index in [9.17, 15) is 0 Å². The van der Waals surface area contributed by atoms with Crippen LogP contribution in [0.1, 0.15) is 32.3 Å². The van der Waals surface area contributed by atoms with Crippen LogP contribution in [-0.4, -0.2) is 24.5 Å². The molecule has 98 valence electrons. The molecular formula is C16H22BrN. The van der Waals surface area contributed by atoms with Gasteiger partial charge in [-0.05, 0) is 62.0 Å². The number of piperidine rings is 1. The lowest BCUT2D eigenvalue weighted by Gasteiger charge is -2.29. The van der Waals surface area contributed by atoms with Crippen LogP contribution in [0.4, 0.5) is 0 Å². The number of halogens is 1. The Labute approximate surface area is 119 Å². The summed E-state index contributed by atoms with van der Waals surface area (Å²) in [6, 6.07) is 8.56. The van der Waals surface area contributed by atoms with Gasteiger partial charge in [0.1, 0.15) is 0 Å². The zero-order valence-electron chi connectivity index (χ0n) is 11.3. The van der Waals surface area contributed by atoms with Crippen molar-refractivity contribution in [2.24, 2.45) is 5.92 Å². The van der Waals surface area contributed by atoms with Gasteiger partial charge in [-0.1, -0.05) is 41.1 Å². The Kier molecular flexibility index (Phi) is 5.02. The molecule has 0 amide bonds. The first-order chi connectivity index (χ1) is 8.65. The second-order valence-corrected chi connectivity index (χ2v) is 6.29. The molecule has 0 unspecified atom stereocenters. The van der Waals surface area contributed by atoms with Crippen LogP contribution in [0.15, 0.2) is 34.8 Å². The summed E-state index contributed by atoms with van der Waals surface area (Å²) < 4.78 is 1.14. The highest BCUT2D eigenvalue weighted by atomic mass is 79.9.